The van der Waals surface area contributed by atoms with Crippen LogP contribution in [0.2, 0.25) is 0 Å². The van der Waals surface area contributed by atoms with Crippen LogP contribution in [0.15, 0.2) is 14.7 Å². The number of aromatic nitrogens is 5. The van der Waals surface area contributed by atoms with E-state index in [0.29, 0.717) is 24.0 Å². The Morgan fingerprint density at radius 1 is 1.36 bits per heavy atom. The lowest BCUT2D eigenvalue weighted by Crippen LogP contribution is -2.36. The van der Waals surface area contributed by atoms with Gasteiger partial charge < -0.3 is 10.3 Å². The Kier molecular flexibility index (Phi) is 4.80. The van der Waals surface area contributed by atoms with Crippen molar-refractivity contribution < 1.29 is 4.79 Å². The number of ketones is 1. The summed E-state index contributed by atoms with van der Waals surface area (Å²) < 4.78 is 3.09. The van der Waals surface area contributed by atoms with Crippen LogP contribution in [0.4, 0.5) is 5.82 Å². The highest BCUT2D eigenvalue weighted by molar-refractivity contribution is 7.99. The Hall–Kier alpha value is -2.36. The van der Waals surface area contributed by atoms with E-state index in [1.165, 1.54) is 16.3 Å². The van der Waals surface area contributed by atoms with E-state index in [9.17, 15) is 14.4 Å². The zero-order valence-corrected chi connectivity index (χ0v) is 14.9. The number of Topliss-reactive ketones (excluding diaryl/α,β-unsaturated/α-hetero) is 1. The van der Waals surface area contributed by atoms with Crippen molar-refractivity contribution in [1.82, 2.24) is 24.3 Å². The maximum absolute atomic E-state index is 12.5. The van der Waals surface area contributed by atoms with Gasteiger partial charge in [-0.25, -0.2) is 4.79 Å². The molecule has 1 saturated carbocycles. The van der Waals surface area contributed by atoms with Gasteiger partial charge in [0.15, 0.2) is 10.9 Å². The number of aromatic amines is 1. The molecular weight excluding hydrogens is 344 g/mol. The van der Waals surface area contributed by atoms with Crippen molar-refractivity contribution in [3.8, 4) is 0 Å². The van der Waals surface area contributed by atoms with Crippen LogP contribution in [0.1, 0.15) is 48.3 Å². The van der Waals surface area contributed by atoms with Gasteiger partial charge >= 0.3 is 5.69 Å². The molecule has 0 amide bonds. The smallest absolute Gasteiger partial charge is 0.329 e. The minimum atomic E-state index is -0.753. The number of carbonyl (C=O) groups excluding carboxylic acids is 1. The molecule has 134 valence electrons. The Morgan fingerprint density at radius 3 is 2.72 bits per heavy atom. The molecule has 0 radical (unpaired) electrons. The maximum Gasteiger partial charge on any atom is 0.329 e. The van der Waals surface area contributed by atoms with Gasteiger partial charge in [0.05, 0.1) is 5.75 Å². The van der Waals surface area contributed by atoms with Crippen molar-refractivity contribution >= 4 is 23.4 Å². The van der Waals surface area contributed by atoms with Gasteiger partial charge in [-0.3, -0.25) is 19.1 Å². The zero-order chi connectivity index (χ0) is 18.1. The third-order valence-corrected chi connectivity index (χ3v) is 5.13. The third-order valence-electron chi connectivity index (χ3n) is 4.11. The molecule has 0 unspecified atom stereocenters. The van der Waals surface area contributed by atoms with Crippen LogP contribution in [0.25, 0.3) is 0 Å². The first kappa shape index (κ1) is 17.5. The summed E-state index contributed by atoms with van der Waals surface area (Å²) in [5.74, 6) is 0.846. The number of nitrogens with zero attached hydrogens (tertiary/aromatic N) is 4. The molecule has 1 aliphatic carbocycles. The highest BCUT2D eigenvalue weighted by atomic mass is 32.2. The Labute approximate surface area is 147 Å². The second-order valence-electron chi connectivity index (χ2n) is 6.06. The van der Waals surface area contributed by atoms with Gasteiger partial charge in [0, 0.05) is 19.5 Å². The first-order chi connectivity index (χ1) is 11.9. The predicted octanol–water partition coefficient (Wildman–Crippen LogP) is 0.510. The Morgan fingerprint density at radius 2 is 2.08 bits per heavy atom. The molecule has 2 heterocycles. The van der Waals surface area contributed by atoms with E-state index in [2.05, 4.69) is 15.2 Å². The fourth-order valence-electron chi connectivity index (χ4n) is 2.65. The molecule has 2 aromatic heterocycles. The lowest BCUT2D eigenvalue weighted by Gasteiger charge is -2.10. The van der Waals surface area contributed by atoms with Gasteiger partial charge in [0.1, 0.15) is 17.2 Å². The van der Waals surface area contributed by atoms with Crippen molar-refractivity contribution in [3.63, 3.8) is 0 Å². The molecule has 0 aromatic carbocycles. The van der Waals surface area contributed by atoms with Gasteiger partial charge in [0.2, 0.25) is 0 Å². The molecule has 10 heteroatoms. The second kappa shape index (κ2) is 6.87. The van der Waals surface area contributed by atoms with Gasteiger partial charge in [0.25, 0.3) is 5.56 Å². The summed E-state index contributed by atoms with van der Waals surface area (Å²) in [7, 11) is 1.86. The molecule has 0 bridgehead atoms. The number of nitrogens with one attached hydrogen (secondary N) is 1. The molecule has 3 N–H and O–H groups in total. The van der Waals surface area contributed by atoms with Gasteiger partial charge in [-0.05, 0) is 19.3 Å². The third kappa shape index (κ3) is 3.39. The first-order valence-corrected chi connectivity index (χ1v) is 9.10. The van der Waals surface area contributed by atoms with Crippen LogP contribution in [-0.4, -0.2) is 35.9 Å². The highest BCUT2D eigenvalue weighted by Crippen LogP contribution is 2.39. The number of hydrogen-bond donors (Lipinski definition) is 2. The normalized spacial score (nSPS) is 14.0. The zero-order valence-electron chi connectivity index (χ0n) is 14.1. The molecule has 1 fully saturated rings. The molecule has 0 saturated heterocycles. The number of nitrogens with two attached hydrogens (primary N) is 1. The van der Waals surface area contributed by atoms with E-state index < -0.39 is 17.0 Å². The van der Waals surface area contributed by atoms with Gasteiger partial charge in [-0.1, -0.05) is 18.7 Å². The second-order valence-corrected chi connectivity index (χ2v) is 7.00. The molecule has 0 aliphatic heterocycles. The standard InChI is InChI=1S/C15H20N6O3S/c1-3-6-21-11(16)10(13(23)17-14(21)24)9(22)7-25-15-19-18-12(20(15)2)8-4-5-8/h8H,3-7,16H2,1-2H3,(H,17,23,24). The van der Waals surface area contributed by atoms with Crippen molar-refractivity contribution in [3.05, 3.63) is 32.2 Å². The fraction of sp³-hybridized carbons (Fsp3) is 0.533. The number of anilines is 1. The van der Waals surface area contributed by atoms with Crippen molar-refractivity contribution in [2.24, 2.45) is 7.05 Å². The number of thioether (sulfide) groups is 1. The average Bonchev–Trinajstić information content (AvgIpc) is 3.33. The topological polar surface area (TPSA) is 129 Å². The van der Waals surface area contributed by atoms with E-state index in [0.717, 1.165) is 18.7 Å². The number of H-pyrrole nitrogens is 1. The van der Waals surface area contributed by atoms with E-state index in [-0.39, 0.29) is 17.1 Å². The summed E-state index contributed by atoms with van der Waals surface area (Å²) in [4.78, 5) is 38.5. The fourth-order valence-corrected chi connectivity index (χ4v) is 3.44. The van der Waals surface area contributed by atoms with Gasteiger partial charge in [-0.2, -0.15) is 0 Å². The van der Waals surface area contributed by atoms with Crippen molar-refractivity contribution in [2.75, 3.05) is 11.5 Å². The van der Waals surface area contributed by atoms with E-state index in [1.807, 2.05) is 18.5 Å². The summed E-state index contributed by atoms with van der Waals surface area (Å²) in [5.41, 5.74) is 4.37. The van der Waals surface area contributed by atoms with E-state index >= 15 is 0 Å². The van der Waals surface area contributed by atoms with Crippen LogP contribution in [0, 0.1) is 0 Å². The molecule has 1 aliphatic rings. The van der Waals surface area contributed by atoms with Crippen LogP contribution in [0.3, 0.4) is 0 Å². The summed E-state index contributed by atoms with van der Waals surface area (Å²) in [5, 5.41) is 8.87. The molecule has 0 atom stereocenters. The average molecular weight is 364 g/mol. The first-order valence-electron chi connectivity index (χ1n) is 8.11. The maximum atomic E-state index is 12.5. The van der Waals surface area contributed by atoms with E-state index in [4.69, 9.17) is 5.73 Å². The molecule has 0 spiro atoms. The summed E-state index contributed by atoms with van der Waals surface area (Å²) in [6.45, 7) is 2.21. The van der Waals surface area contributed by atoms with Crippen LogP contribution in [0.5, 0.6) is 0 Å². The molecule has 3 rings (SSSR count). The SMILES string of the molecule is CCCn1c(N)c(C(=O)CSc2nnc(C3CC3)n2C)c(=O)[nH]c1=O. The quantitative estimate of drug-likeness (QED) is 0.541. The number of rotatable bonds is 7. The van der Waals surface area contributed by atoms with Crippen LogP contribution < -0.4 is 17.0 Å². The number of hydrogen-bond acceptors (Lipinski definition) is 7. The lowest BCUT2D eigenvalue weighted by molar-refractivity contribution is 0.102. The predicted molar refractivity (Wildman–Crippen MR) is 94.1 cm³/mol. The van der Waals surface area contributed by atoms with Crippen LogP contribution >= 0.6 is 11.8 Å². The largest absolute Gasteiger partial charge is 0.384 e. The van der Waals surface area contributed by atoms with E-state index in [1.54, 1.807) is 0 Å². The van der Waals surface area contributed by atoms with Crippen molar-refractivity contribution in [1.29, 1.82) is 0 Å². The molecular formula is C15H20N6O3S. The molecule has 2 aromatic rings. The monoisotopic (exact) mass is 364 g/mol. The minimum absolute atomic E-state index is 0.00571. The Balaban J connectivity index is 1.80. The van der Waals surface area contributed by atoms with Crippen molar-refractivity contribution in [2.45, 2.75) is 43.8 Å². The summed E-state index contributed by atoms with van der Waals surface area (Å²) in [6.07, 6.45) is 2.88. The highest BCUT2D eigenvalue weighted by Gasteiger charge is 2.29. The lowest BCUT2D eigenvalue weighted by atomic mass is 10.2. The number of nitrogen functional groups attached to an aromatic ring is 1. The minimum Gasteiger partial charge on any atom is -0.384 e. The molecule has 25 heavy (non-hydrogen) atoms. The number of carbonyl (C=O) groups is 1. The summed E-state index contributed by atoms with van der Waals surface area (Å²) in [6, 6.07) is 0. The van der Waals surface area contributed by atoms with Crippen LogP contribution in [-0.2, 0) is 13.6 Å². The Bertz CT molecular complexity index is 924. The molecule has 9 nitrogen and oxygen atoms in total. The van der Waals surface area contributed by atoms with Gasteiger partial charge in [-0.15, -0.1) is 10.2 Å². The summed E-state index contributed by atoms with van der Waals surface area (Å²) >= 11 is 1.20.